The van der Waals surface area contributed by atoms with E-state index >= 15 is 0 Å². The smallest absolute Gasteiger partial charge is 0.269 e. The van der Waals surface area contributed by atoms with Crippen LogP contribution in [0.4, 0.5) is 5.69 Å². The lowest BCUT2D eigenvalue weighted by Crippen LogP contribution is -2.53. The number of carbonyl (C=O) groups is 3. The van der Waals surface area contributed by atoms with Crippen molar-refractivity contribution in [3.8, 4) is 0 Å². The maximum Gasteiger partial charge on any atom is 0.269 e. The van der Waals surface area contributed by atoms with Crippen molar-refractivity contribution in [2.24, 2.45) is 5.73 Å². The first-order valence-electron chi connectivity index (χ1n) is 8.20. The monoisotopic (exact) mass is 363 g/mol. The van der Waals surface area contributed by atoms with Crippen molar-refractivity contribution >= 4 is 23.4 Å². The van der Waals surface area contributed by atoms with Gasteiger partial charge in [0.1, 0.15) is 6.04 Å². The summed E-state index contributed by atoms with van der Waals surface area (Å²) >= 11 is 0. The Hall–Kier alpha value is -3.01. The van der Waals surface area contributed by atoms with Crippen molar-refractivity contribution in [3.05, 3.63) is 39.9 Å². The molecule has 1 aliphatic heterocycles. The van der Waals surface area contributed by atoms with E-state index in [2.05, 4.69) is 16.0 Å². The minimum Gasteiger partial charge on any atom is -0.368 e. The van der Waals surface area contributed by atoms with Crippen molar-refractivity contribution in [1.29, 1.82) is 0 Å². The van der Waals surface area contributed by atoms with Gasteiger partial charge in [0, 0.05) is 18.6 Å². The standard InChI is InChI=1S/C16H21N5O5/c17-14(22)9-19-15(23)13(20-16(24)12-2-1-7-18-12)8-10-3-5-11(6-4-10)21(25)26/h3-6,12-13,18H,1-2,7-9H2,(H2,17,22)(H,19,23)(H,20,24). The van der Waals surface area contributed by atoms with Crippen LogP contribution in [0.5, 0.6) is 0 Å². The molecule has 1 fully saturated rings. The van der Waals surface area contributed by atoms with Gasteiger partial charge < -0.3 is 21.7 Å². The number of amides is 3. The summed E-state index contributed by atoms with van der Waals surface area (Å²) in [6.07, 6.45) is 1.68. The predicted molar refractivity (Wildman–Crippen MR) is 92.0 cm³/mol. The van der Waals surface area contributed by atoms with E-state index in [1.165, 1.54) is 24.3 Å². The summed E-state index contributed by atoms with van der Waals surface area (Å²) in [7, 11) is 0. The zero-order chi connectivity index (χ0) is 19.1. The van der Waals surface area contributed by atoms with E-state index in [9.17, 15) is 24.5 Å². The van der Waals surface area contributed by atoms with Gasteiger partial charge in [-0.3, -0.25) is 24.5 Å². The number of nitrogens with two attached hydrogens (primary N) is 1. The van der Waals surface area contributed by atoms with Crippen LogP contribution in [-0.2, 0) is 20.8 Å². The van der Waals surface area contributed by atoms with Gasteiger partial charge in [-0.15, -0.1) is 0 Å². The predicted octanol–water partition coefficient (Wildman–Crippen LogP) is -1.02. The fourth-order valence-corrected chi connectivity index (χ4v) is 2.68. The van der Waals surface area contributed by atoms with Crippen LogP contribution in [0.3, 0.4) is 0 Å². The summed E-state index contributed by atoms with van der Waals surface area (Å²) < 4.78 is 0. The number of primary amides is 1. The summed E-state index contributed by atoms with van der Waals surface area (Å²) in [6, 6.07) is 4.41. The Kier molecular flexibility index (Phi) is 6.61. The Morgan fingerprint density at radius 2 is 2.00 bits per heavy atom. The highest BCUT2D eigenvalue weighted by atomic mass is 16.6. The quantitative estimate of drug-likeness (QED) is 0.342. The molecule has 0 aromatic heterocycles. The lowest BCUT2D eigenvalue weighted by Gasteiger charge is -2.20. The molecule has 5 N–H and O–H groups in total. The van der Waals surface area contributed by atoms with Crippen LogP contribution >= 0.6 is 0 Å². The van der Waals surface area contributed by atoms with Crippen molar-refractivity contribution in [2.75, 3.05) is 13.1 Å². The summed E-state index contributed by atoms with van der Waals surface area (Å²) in [5.74, 6) is -1.55. The molecule has 0 radical (unpaired) electrons. The third-order valence-electron chi connectivity index (χ3n) is 4.03. The van der Waals surface area contributed by atoms with Gasteiger partial charge in [0.15, 0.2) is 0 Å². The Labute approximate surface area is 149 Å². The number of nitro groups is 1. The van der Waals surface area contributed by atoms with E-state index in [1.54, 1.807) is 0 Å². The molecule has 2 rings (SSSR count). The third kappa shape index (κ3) is 5.52. The molecule has 1 heterocycles. The molecular formula is C16H21N5O5. The van der Waals surface area contributed by atoms with Crippen molar-refractivity contribution in [1.82, 2.24) is 16.0 Å². The van der Waals surface area contributed by atoms with E-state index < -0.39 is 22.8 Å². The number of hydrogen-bond donors (Lipinski definition) is 4. The normalized spacial score (nSPS) is 17.3. The largest absolute Gasteiger partial charge is 0.368 e. The van der Waals surface area contributed by atoms with E-state index in [0.29, 0.717) is 12.0 Å². The second-order valence-corrected chi connectivity index (χ2v) is 6.02. The van der Waals surface area contributed by atoms with Crippen molar-refractivity contribution in [2.45, 2.75) is 31.3 Å². The highest BCUT2D eigenvalue weighted by molar-refractivity contribution is 5.91. The summed E-state index contributed by atoms with van der Waals surface area (Å²) in [5.41, 5.74) is 5.59. The van der Waals surface area contributed by atoms with Crippen LogP contribution in [0.1, 0.15) is 18.4 Å². The van der Waals surface area contributed by atoms with Crippen molar-refractivity contribution < 1.29 is 19.3 Å². The van der Waals surface area contributed by atoms with Crippen LogP contribution in [0.2, 0.25) is 0 Å². The highest BCUT2D eigenvalue weighted by Gasteiger charge is 2.27. The van der Waals surface area contributed by atoms with Crippen LogP contribution < -0.4 is 21.7 Å². The molecule has 10 nitrogen and oxygen atoms in total. The molecule has 2 atom stereocenters. The Bertz CT molecular complexity index is 685. The SMILES string of the molecule is NC(=O)CNC(=O)C(Cc1ccc([N+](=O)[O-])cc1)NC(=O)C1CCCN1. The van der Waals surface area contributed by atoms with Crippen molar-refractivity contribution in [3.63, 3.8) is 0 Å². The Balaban J connectivity index is 2.07. The lowest BCUT2D eigenvalue weighted by molar-refractivity contribution is -0.384. The van der Waals surface area contributed by atoms with Crippen LogP contribution in [0.15, 0.2) is 24.3 Å². The molecule has 0 spiro atoms. The van der Waals surface area contributed by atoms with Gasteiger partial charge in [-0.25, -0.2) is 0 Å². The van der Waals surface area contributed by atoms with Gasteiger partial charge in [0.25, 0.3) is 5.69 Å². The van der Waals surface area contributed by atoms with Gasteiger partial charge in [-0.2, -0.15) is 0 Å². The maximum absolute atomic E-state index is 12.3. The molecule has 10 heteroatoms. The summed E-state index contributed by atoms with van der Waals surface area (Å²) in [6.45, 7) is 0.395. The summed E-state index contributed by atoms with van der Waals surface area (Å²) in [5, 5.41) is 18.8. The zero-order valence-corrected chi connectivity index (χ0v) is 14.1. The average Bonchev–Trinajstić information content (AvgIpc) is 3.14. The number of non-ortho nitro benzene ring substituents is 1. The Morgan fingerprint density at radius 3 is 2.54 bits per heavy atom. The first-order chi connectivity index (χ1) is 12.4. The summed E-state index contributed by atoms with van der Waals surface area (Å²) in [4.78, 5) is 45.7. The molecule has 1 aliphatic rings. The number of nitro benzene ring substituents is 1. The average molecular weight is 363 g/mol. The van der Waals surface area contributed by atoms with Crippen LogP contribution in [0.25, 0.3) is 0 Å². The number of carbonyl (C=O) groups excluding carboxylic acids is 3. The molecule has 2 unspecified atom stereocenters. The lowest BCUT2D eigenvalue weighted by atomic mass is 10.0. The fourth-order valence-electron chi connectivity index (χ4n) is 2.68. The van der Waals surface area contributed by atoms with Crippen LogP contribution in [0, 0.1) is 10.1 Å². The van der Waals surface area contributed by atoms with E-state index in [1.807, 2.05) is 0 Å². The first-order valence-corrected chi connectivity index (χ1v) is 8.20. The molecule has 0 bridgehead atoms. The van der Waals surface area contributed by atoms with E-state index in [4.69, 9.17) is 5.73 Å². The van der Waals surface area contributed by atoms with E-state index in [0.717, 1.165) is 13.0 Å². The zero-order valence-electron chi connectivity index (χ0n) is 14.1. The highest BCUT2D eigenvalue weighted by Crippen LogP contribution is 2.14. The second kappa shape index (κ2) is 8.90. The molecule has 1 aromatic carbocycles. The number of nitrogens with one attached hydrogen (secondary N) is 3. The minimum atomic E-state index is -0.925. The number of nitrogens with zero attached hydrogens (tertiary/aromatic N) is 1. The van der Waals surface area contributed by atoms with Gasteiger partial charge >= 0.3 is 0 Å². The number of hydrogen-bond acceptors (Lipinski definition) is 6. The number of rotatable bonds is 8. The van der Waals surface area contributed by atoms with Gasteiger partial charge in [0.2, 0.25) is 17.7 Å². The minimum absolute atomic E-state index is 0.0670. The topological polar surface area (TPSA) is 156 Å². The molecular weight excluding hydrogens is 342 g/mol. The third-order valence-corrected chi connectivity index (χ3v) is 4.03. The molecule has 0 aliphatic carbocycles. The van der Waals surface area contributed by atoms with E-state index in [-0.39, 0.29) is 30.6 Å². The van der Waals surface area contributed by atoms with Gasteiger partial charge in [-0.1, -0.05) is 12.1 Å². The number of benzene rings is 1. The van der Waals surface area contributed by atoms with Crippen LogP contribution in [-0.4, -0.2) is 47.8 Å². The molecule has 26 heavy (non-hydrogen) atoms. The molecule has 3 amide bonds. The maximum atomic E-state index is 12.3. The first kappa shape index (κ1) is 19.3. The Morgan fingerprint density at radius 1 is 1.31 bits per heavy atom. The molecule has 1 saturated heterocycles. The fraction of sp³-hybridized carbons (Fsp3) is 0.438. The molecule has 0 saturated carbocycles. The van der Waals surface area contributed by atoms with Gasteiger partial charge in [-0.05, 0) is 24.9 Å². The second-order valence-electron chi connectivity index (χ2n) is 6.02. The van der Waals surface area contributed by atoms with Gasteiger partial charge in [0.05, 0.1) is 17.5 Å². The molecule has 1 aromatic rings. The molecule has 140 valence electrons.